The molecule has 2 atom stereocenters. The van der Waals surface area contributed by atoms with Crippen LogP contribution in [0, 0.1) is 5.92 Å². The first kappa shape index (κ1) is 14.7. The van der Waals surface area contributed by atoms with E-state index in [0.29, 0.717) is 12.0 Å². The van der Waals surface area contributed by atoms with Crippen LogP contribution in [0.15, 0.2) is 0 Å². The van der Waals surface area contributed by atoms with Crippen LogP contribution < -0.4 is 5.73 Å². The molecule has 2 nitrogen and oxygen atoms in total. The first-order valence-corrected chi connectivity index (χ1v) is 8.88. The molecule has 0 aromatic carbocycles. The highest BCUT2D eigenvalue weighted by molar-refractivity contribution is 7.99. The maximum Gasteiger partial charge on any atom is 0.0701 e. The molecule has 2 aliphatic rings. The second kappa shape index (κ2) is 7.16. The van der Waals surface area contributed by atoms with E-state index < -0.39 is 0 Å². The minimum Gasteiger partial charge on any atom is -0.375 e. The van der Waals surface area contributed by atoms with Gasteiger partial charge in [-0.25, -0.2) is 0 Å². The standard InChI is InChI=1S/C15H29NOS/c1-2-3-4-5-14(16)13-6-9-17-15(12-13)7-10-18-11-8-15/h13-14H,2-12,16H2,1H3. The van der Waals surface area contributed by atoms with Gasteiger partial charge in [0.25, 0.3) is 0 Å². The van der Waals surface area contributed by atoms with Gasteiger partial charge in [0.05, 0.1) is 5.60 Å². The minimum absolute atomic E-state index is 0.205. The van der Waals surface area contributed by atoms with Crippen molar-refractivity contribution in [3.8, 4) is 0 Å². The molecular weight excluding hydrogens is 242 g/mol. The summed E-state index contributed by atoms with van der Waals surface area (Å²) < 4.78 is 6.14. The Balaban J connectivity index is 1.81. The predicted octanol–water partition coefficient (Wildman–Crippen LogP) is 3.59. The van der Waals surface area contributed by atoms with Crippen molar-refractivity contribution in [3.63, 3.8) is 0 Å². The van der Waals surface area contributed by atoms with Crippen molar-refractivity contribution >= 4 is 11.8 Å². The molecule has 3 heteroatoms. The number of nitrogens with two attached hydrogens (primary N) is 1. The lowest BCUT2D eigenvalue weighted by molar-refractivity contribution is -0.106. The fourth-order valence-corrected chi connectivity index (χ4v) is 4.63. The number of hydrogen-bond acceptors (Lipinski definition) is 3. The number of thioether (sulfide) groups is 1. The maximum absolute atomic E-state index is 6.42. The molecule has 106 valence electrons. The predicted molar refractivity (Wildman–Crippen MR) is 80.1 cm³/mol. The molecule has 0 amide bonds. The highest BCUT2D eigenvalue weighted by Gasteiger charge is 2.40. The first-order chi connectivity index (χ1) is 8.76. The highest BCUT2D eigenvalue weighted by Crippen LogP contribution is 2.40. The molecule has 18 heavy (non-hydrogen) atoms. The average molecular weight is 271 g/mol. The summed E-state index contributed by atoms with van der Waals surface area (Å²) in [6.45, 7) is 3.20. The summed E-state index contributed by atoms with van der Waals surface area (Å²) >= 11 is 2.08. The van der Waals surface area contributed by atoms with Crippen molar-refractivity contribution in [1.29, 1.82) is 0 Å². The molecule has 0 aromatic heterocycles. The van der Waals surface area contributed by atoms with Gasteiger partial charge in [-0.2, -0.15) is 11.8 Å². The third kappa shape index (κ3) is 3.88. The van der Waals surface area contributed by atoms with E-state index >= 15 is 0 Å². The van der Waals surface area contributed by atoms with Gasteiger partial charge < -0.3 is 10.5 Å². The summed E-state index contributed by atoms with van der Waals surface area (Å²) in [5.74, 6) is 3.26. The van der Waals surface area contributed by atoms with Crippen LogP contribution >= 0.6 is 11.8 Å². The molecule has 2 N–H and O–H groups in total. The normalized spacial score (nSPS) is 29.3. The quantitative estimate of drug-likeness (QED) is 0.776. The number of hydrogen-bond donors (Lipinski definition) is 1. The Kier molecular flexibility index (Phi) is 5.84. The second-order valence-corrected chi connectivity index (χ2v) is 7.28. The Labute approximate surface area is 116 Å². The van der Waals surface area contributed by atoms with Gasteiger partial charge in [-0.3, -0.25) is 0 Å². The van der Waals surface area contributed by atoms with Crippen molar-refractivity contribution in [2.24, 2.45) is 11.7 Å². The Morgan fingerprint density at radius 2 is 2.11 bits per heavy atom. The summed E-state index contributed by atoms with van der Waals surface area (Å²) in [5.41, 5.74) is 6.62. The smallest absolute Gasteiger partial charge is 0.0701 e. The first-order valence-electron chi connectivity index (χ1n) is 7.73. The number of ether oxygens (including phenoxy) is 1. The SMILES string of the molecule is CCCCCC(N)C1CCOC2(CCSCC2)C1. The Hall–Kier alpha value is 0.270. The van der Waals surface area contributed by atoms with Crippen LogP contribution in [0.25, 0.3) is 0 Å². The van der Waals surface area contributed by atoms with E-state index in [1.165, 1.54) is 62.9 Å². The van der Waals surface area contributed by atoms with Crippen LogP contribution in [-0.2, 0) is 4.74 Å². The molecule has 0 bridgehead atoms. The van der Waals surface area contributed by atoms with Gasteiger partial charge in [-0.05, 0) is 49.5 Å². The lowest BCUT2D eigenvalue weighted by atomic mass is 9.78. The van der Waals surface area contributed by atoms with Gasteiger partial charge in [-0.1, -0.05) is 26.2 Å². The molecule has 0 radical (unpaired) electrons. The van der Waals surface area contributed by atoms with E-state index in [1.807, 2.05) is 0 Å². The Morgan fingerprint density at radius 3 is 2.83 bits per heavy atom. The molecule has 2 aliphatic heterocycles. The third-order valence-corrected chi connectivity index (χ3v) is 5.67. The molecular formula is C15H29NOS. The van der Waals surface area contributed by atoms with E-state index in [4.69, 9.17) is 10.5 Å². The van der Waals surface area contributed by atoms with Crippen LogP contribution in [0.1, 0.15) is 58.3 Å². The van der Waals surface area contributed by atoms with Crippen LogP contribution in [0.4, 0.5) is 0 Å². The van der Waals surface area contributed by atoms with Crippen molar-refractivity contribution in [2.45, 2.75) is 69.9 Å². The lowest BCUT2D eigenvalue weighted by Gasteiger charge is -2.44. The van der Waals surface area contributed by atoms with E-state index in [2.05, 4.69) is 18.7 Å². The van der Waals surface area contributed by atoms with Gasteiger partial charge in [-0.15, -0.1) is 0 Å². The number of unbranched alkanes of at least 4 members (excludes halogenated alkanes) is 2. The van der Waals surface area contributed by atoms with Crippen molar-refractivity contribution in [1.82, 2.24) is 0 Å². The topological polar surface area (TPSA) is 35.2 Å². The zero-order chi connectivity index (χ0) is 12.8. The molecule has 0 aromatic rings. The molecule has 2 saturated heterocycles. The molecule has 1 spiro atoms. The van der Waals surface area contributed by atoms with E-state index in [0.717, 1.165) is 6.61 Å². The molecule has 2 unspecified atom stereocenters. The summed E-state index contributed by atoms with van der Waals surface area (Å²) in [6.07, 6.45) is 10.0. The Bertz CT molecular complexity index is 235. The molecule has 0 aliphatic carbocycles. The minimum atomic E-state index is 0.205. The number of rotatable bonds is 5. The third-order valence-electron chi connectivity index (χ3n) is 4.68. The molecule has 2 fully saturated rings. The largest absolute Gasteiger partial charge is 0.375 e. The van der Waals surface area contributed by atoms with Crippen molar-refractivity contribution < 1.29 is 4.74 Å². The summed E-state index contributed by atoms with van der Waals surface area (Å²) in [5, 5.41) is 0. The Morgan fingerprint density at radius 1 is 1.33 bits per heavy atom. The molecule has 0 saturated carbocycles. The lowest BCUT2D eigenvalue weighted by Crippen LogP contribution is -2.47. The van der Waals surface area contributed by atoms with Crippen LogP contribution in [-0.4, -0.2) is 29.8 Å². The fourth-order valence-electron chi connectivity index (χ4n) is 3.39. The highest BCUT2D eigenvalue weighted by atomic mass is 32.2. The zero-order valence-corrected chi connectivity index (χ0v) is 12.6. The van der Waals surface area contributed by atoms with Gasteiger partial charge in [0.2, 0.25) is 0 Å². The summed E-state index contributed by atoms with van der Waals surface area (Å²) in [7, 11) is 0. The summed E-state index contributed by atoms with van der Waals surface area (Å²) in [6, 6.07) is 0.409. The van der Waals surface area contributed by atoms with Crippen molar-refractivity contribution in [2.75, 3.05) is 18.1 Å². The second-order valence-electron chi connectivity index (χ2n) is 6.06. The van der Waals surface area contributed by atoms with Crippen LogP contribution in [0.5, 0.6) is 0 Å². The van der Waals surface area contributed by atoms with Gasteiger partial charge >= 0.3 is 0 Å². The average Bonchev–Trinajstić information content (AvgIpc) is 2.40. The monoisotopic (exact) mass is 271 g/mol. The van der Waals surface area contributed by atoms with E-state index in [-0.39, 0.29) is 5.60 Å². The van der Waals surface area contributed by atoms with E-state index in [1.54, 1.807) is 0 Å². The molecule has 2 heterocycles. The van der Waals surface area contributed by atoms with Crippen LogP contribution in [0.3, 0.4) is 0 Å². The van der Waals surface area contributed by atoms with Crippen molar-refractivity contribution in [3.05, 3.63) is 0 Å². The van der Waals surface area contributed by atoms with Gasteiger partial charge in [0, 0.05) is 12.6 Å². The van der Waals surface area contributed by atoms with Gasteiger partial charge in [0.15, 0.2) is 0 Å². The maximum atomic E-state index is 6.42. The zero-order valence-electron chi connectivity index (χ0n) is 11.8. The fraction of sp³-hybridized carbons (Fsp3) is 1.00. The summed E-state index contributed by atoms with van der Waals surface area (Å²) in [4.78, 5) is 0. The molecule has 2 rings (SSSR count). The van der Waals surface area contributed by atoms with Gasteiger partial charge in [0.1, 0.15) is 0 Å². The van der Waals surface area contributed by atoms with Crippen LogP contribution in [0.2, 0.25) is 0 Å². The van der Waals surface area contributed by atoms with E-state index in [9.17, 15) is 0 Å².